The fourth-order valence-electron chi connectivity index (χ4n) is 4.24. The Labute approximate surface area is 159 Å². The van der Waals surface area contributed by atoms with Crippen LogP contribution in [0.2, 0.25) is 0 Å². The van der Waals surface area contributed by atoms with Crippen LogP contribution in [0.4, 0.5) is 0 Å². The van der Waals surface area contributed by atoms with Gasteiger partial charge in [-0.05, 0) is 43.2 Å². The normalized spacial score (nSPS) is 21.0. The van der Waals surface area contributed by atoms with Gasteiger partial charge in [-0.15, -0.1) is 0 Å². The molecule has 1 N–H and O–H groups in total. The molecule has 27 heavy (non-hydrogen) atoms. The lowest BCUT2D eigenvalue weighted by Crippen LogP contribution is -2.35. The number of carbonyl (C=O) groups is 1. The van der Waals surface area contributed by atoms with Gasteiger partial charge in [0, 0.05) is 26.2 Å². The van der Waals surface area contributed by atoms with E-state index < -0.39 is 0 Å². The van der Waals surface area contributed by atoms with Crippen molar-refractivity contribution in [3.63, 3.8) is 0 Å². The van der Waals surface area contributed by atoms with Crippen LogP contribution in [0.1, 0.15) is 59.1 Å². The molecule has 1 fully saturated rings. The van der Waals surface area contributed by atoms with Crippen LogP contribution in [0.15, 0.2) is 34.9 Å². The minimum atomic E-state index is -0.194. The summed E-state index contributed by atoms with van der Waals surface area (Å²) < 4.78 is 5.42. The highest BCUT2D eigenvalue weighted by molar-refractivity contribution is 5.92. The summed E-state index contributed by atoms with van der Waals surface area (Å²) in [6, 6.07) is 10.2. The Balaban J connectivity index is 1.43. The number of fused-ring (bicyclic) bond motifs is 1. The molecular weight excluding hydrogens is 342 g/mol. The fourth-order valence-corrected chi connectivity index (χ4v) is 4.24. The number of hydrogen-bond donors (Lipinski definition) is 1. The highest BCUT2D eigenvalue weighted by Gasteiger charge is 2.29. The average Bonchev–Trinajstić information content (AvgIpc) is 3.16. The second-order valence-corrected chi connectivity index (χ2v) is 7.71. The molecule has 0 saturated carbocycles. The summed E-state index contributed by atoms with van der Waals surface area (Å²) in [7, 11) is 1.86. The molecule has 1 unspecified atom stereocenters. The lowest BCUT2D eigenvalue weighted by atomic mass is 9.87. The molecule has 4 rings (SSSR count). The third kappa shape index (κ3) is 3.92. The first kappa shape index (κ1) is 18.2. The van der Waals surface area contributed by atoms with Crippen molar-refractivity contribution in [2.45, 2.75) is 50.8 Å². The molecule has 6 nitrogen and oxygen atoms in total. The molecule has 1 aromatic heterocycles. The minimum Gasteiger partial charge on any atom is -0.393 e. The zero-order valence-corrected chi connectivity index (χ0v) is 15.8. The number of aliphatic hydroxyl groups excluding tert-OH is 1. The zero-order valence-electron chi connectivity index (χ0n) is 15.8. The van der Waals surface area contributed by atoms with E-state index in [9.17, 15) is 9.90 Å². The molecule has 1 amide bonds. The molecule has 144 valence electrons. The Morgan fingerprint density at radius 2 is 2.07 bits per heavy atom. The first-order chi connectivity index (χ1) is 13.1. The van der Waals surface area contributed by atoms with Gasteiger partial charge in [-0.2, -0.15) is 0 Å². The second kappa shape index (κ2) is 7.82. The summed E-state index contributed by atoms with van der Waals surface area (Å²) >= 11 is 0. The van der Waals surface area contributed by atoms with Crippen LogP contribution in [0, 0.1) is 0 Å². The van der Waals surface area contributed by atoms with Crippen molar-refractivity contribution >= 4 is 5.91 Å². The maximum absolute atomic E-state index is 13.0. The number of aryl methyl sites for hydroxylation is 1. The molecule has 1 saturated heterocycles. The smallest absolute Gasteiger partial charge is 0.276 e. The quantitative estimate of drug-likeness (QED) is 0.897. The predicted molar refractivity (Wildman–Crippen MR) is 101 cm³/mol. The third-order valence-electron chi connectivity index (χ3n) is 5.84. The Hall–Kier alpha value is -2.18. The number of aromatic nitrogens is 1. The van der Waals surface area contributed by atoms with E-state index in [0.29, 0.717) is 18.0 Å². The Bertz CT molecular complexity index is 795. The van der Waals surface area contributed by atoms with E-state index in [-0.39, 0.29) is 18.1 Å². The summed E-state index contributed by atoms with van der Waals surface area (Å²) in [5, 5.41) is 13.6. The van der Waals surface area contributed by atoms with E-state index >= 15 is 0 Å². The van der Waals surface area contributed by atoms with E-state index in [0.717, 1.165) is 45.2 Å². The van der Waals surface area contributed by atoms with Gasteiger partial charge in [0.1, 0.15) is 0 Å². The topological polar surface area (TPSA) is 69.8 Å². The van der Waals surface area contributed by atoms with Crippen molar-refractivity contribution in [1.29, 1.82) is 0 Å². The molecule has 1 aliphatic heterocycles. The summed E-state index contributed by atoms with van der Waals surface area (Å²) in [5.74, 6) is 0.605. The second-order valence-electron chi connectivity index (χ2n) is 7.71. The van der Waals surface area contributed by atoms with Crippen LogP contribution in [0.3, 0.4) is 0 Å². The lowest BCUT2D eigenvalue weighted by molar-refractivity contribution is 0.0700. The maximum atomic E-state index is 13.0. The summed E-state index contributed by atoms with van der Waals surface area (Å²) in [5.41, 5.74) is 2.95. The summed E-state index contributed by atoms with van der Waals surface area (Å²) in [6.07, 6.45) is 4.51. The minimum absolute atomic E-state index is 0.0891. The maximum Gasteiger partial charge on any atom is 0.276 e. The van der Waals surface area contributed by atoms with Crippen LogP contribution in [0.5, 0.6) is 0 Å². The molecule has 0 spiro atoms. The standard InChI is InChI=1S/C21H27N3O3/c1-23(20-8-4-6-15-5-2-3-7-18(15)20)21(26)19-13-17(27-22-19)14-24-11-9-16(25)10-12-24/h2-3,5,7,13,16,20,25H,4,6,8-12,14H2,1H3. The van der Waals surface area contributed by atoms with Gasteiger partial charge in [-0.25, -0.2) is 0 Å². The van der Waals surface area contributed by atoms with Gasteiger partial charge in [0.25, 0.3) is 5.91 Å². The van der Waals surface area contributed by atoms with Crippen molar-refractivity contribution in [2.24, 2.45) is 0 Å². The Kier molecular flexibility index (Phi) is 5.27. The number of hydrogen-bond acceptors (Lipinski definition) is 5. The molecule has 6 heteroatoms. The zero-order chi connectivity index (χ0) is 18.8. The lowest BCUT2D eigenvalue weighted by Gasteiger charge is -2.32. The monoisotopic (exact) mass is 369 g/mol. The number of aliphatic hydroxyl groups is 1. The molecular formula is C21H27N3O3. The summed E-state index contributed by atoms with van der Waals surface area (Å²) in [4.78, 5) is 17.0. The van der Waals surface area contributed by atoms with Crippen LogP contribution < -0.4 is 0 Å². The van der Waals surface area contributed by atoms with Crippen LogP contribution in [0.25, 0.3) is 0 Å². The number of benzene rings is 1. The first-order valence-electron chi connectivity index (χ1n) is 9.83. The average molecular weight is 369 g/mol. The van der Waals surface area contributed by atoms with Crippen LogP contribution in [-0.2, 0) is 13.0 Å². The van der Waals surface area contributed by atoms with Crippen molar-refractivity contribution in [3.05, 3.63) is 52.9 Å². The predicted octanol–water partition coefficient (Wildman–Crippen LogP) is 2.78. The van der Waals surface area contributed by atoms with Gasteiger partial charge < -0.3 is 14.5 Å². The first-order valence-corrected chi connectivity index (χ1v) is 9.83. The van der Waals surface area contributed by atoms with Gasteiger partial charge in [0.15, 0.2) is 11.5 Å². The molecule has 1 aromatic carbocycles. The fraction of sp³-hybridized carbons (Fsp3) is 0.524. The highest BCUT2D eigenvalue weighted by Crippen LogP contribution is 2.34. The molecule has 2 aromatic rings. The summed E-state index contributed by atoms with van der Waals surface area (Å²) in [6.45, 7) is 2.30. The van der Waals surface area contributed by atoms with E-state index in [1.165, 1.54) is 11.1 Å². The van der Waals surface area contributed by atoms with E-state index in [4.69, 9.17) is 4.52 Å². The SMILES string of the molecule is CN(C(=O)c1cc(CN2CCC(O)CC2)on1)C1CCCc2ccccc21. The van der Waals surface area contributed by atoms with Gasteiger partial charge in [-0.1, -0.05) is 29.4 Å². The largest absolute Gasteiger partial charge is 0.393 e. The molecule has 0 bridgehead atoms. The van der Waals surface area contributed by atoms with Crippen LogP contribution in [-0.4, -0.2) is 52.2 Å². The number of rotatable bonds is 4. The van der Waals surface area contributed by atoms with Gasteiger partial charge >= 0.3 is 0 Å². The highest BCUT2D eigenvalue weighted by atomic mass is 16.5. The molecule has 2 heterocycles. The Morgan fingerprint density at radius 3 is 2.89 bits per heavy atom. The number of likely N-dealkylation sites (tertiary alicyclic amines) is 1. The number of nitrogens with zero attached hydrogens (tertiary/aromatic N) is 3. The van der Waals surface area contributed by atoms with Gasteiger partial charge in [0.05, 0.1) is 18.7 Å². The molecule has 1 aliphatic carbocycles. The van der Waals surface area contributed by atoms with Gasteiger partial charge in [0.2, 0.25) is 0 Å². The molecule has 0 radical (unpaired) electrons. The van der Waals surface area contributed by atoms with E-state index in [1.54, 1.807) is 11.0 Å². The number of carbonyl (C=O) groups excluding carboxylic acids is 1. The molecule has 2 aliphatic rings. The van der Waals surface area contributed by atoms with Crippen molar-refractivity contribution in [1.82, 2.24) is 15.0 Å². The number of amides is 1. The van der Waals surface area contributed by atoms with Gasteiger partial charge in [-0.3, -0.25) is 9.69 Å². The van der Waals surface area contributed by atoms with Crippen LogP contribution >= 0.6 is 0 Å². The molecule has 1 atom stereocenters. The van der Waals surface area contributed by atoms with Crippen molar-refractivity contribution < 1.29 is 14.4 Å². The third-order valence-corrected chi connectivity index (χ3v) is 5.84. The van der Waals surface area contributed by atoms with Crippen molar-refractivity contribution in [3.8, 4) is 0 Å². The van der Waals surface area contributed by atoms with Crippen molar-refractivity contribution in [2.75, 3.05) is 20.1 Å². The Morgan fingerprint density at radius 1 is 1.30 bits per heavy atom. The van der Waals surface area contributed by atoms with E-state index in [1.807, 2.05) is 13.1 Å². The number of piperidine rings is 1. The van der Waals surface area contributed by atoms with E-state index in [2.05, 4.69) is 28.3 Å².